The number of carbonyl (C=O) groups excluding carboxylic acids is 1. The molecule has 17 heteroatoms. The molecule has 0 aromatic rings. The van der Waals surface area contributed by atoms with Gasteiger partial charge in [0.25, 0.3) is 0 Å². The van der Waals surface area contributed by atoms with Crippen molar-refractivity contribution in [3.8, 4) is 0 Å². The first-order chi connectivity index (χ1) is 20.4. The number of aliphatic hydroxyl groups excluding tert-OH is 9. The number of piperidine rings is 1. The highest BCUT2D eigenvalue weighted by atomic mass is 16.7. The maximum atomic E-state index is 12.3. The highest BCUT2D eigenvalue weighted by Crippen LogP contribution is 2.32. The molecular weight excluding hydrogens is 580 g/mol. The molecule has 0 saturated carbocycles. The SMILES string of the molecule is CCCO[C@H]1O[C@H](CO)[C@@H](O[C@@H]2O[C@H](CO)[C@H](O)[C@H](O)[C@H]2O)[C@H](OCCN2[C@H](CO)[C@@H](O)[C@H](O)[C@H](O)[C@@H]2C)[C@H]1NC(C)=O. The average molecular weight is 629 g/mol. The molecule has 3 fully saturated rings. The second-order valence-electron chi connectivity index (χ2n) is 11.2. The summed E-state index contributed by atoms with van der Waals surface area (Å²) in [6.45, 7) is 2.97. The van der Waals surface area contributed by atoms with Crippen molar-refractivity contribution in [1.82, 2.24) is 10.2 Å². The van der Waals surface area contributed by atoms with E-state index in [1.165, 1.54) is 6.92 Å². The first-order valence-electron chi connectivity index (χ1n) is 14.5. The third-order valence-electron chi connectivity index (χ3n) is 8.21. The fourth-order valence-electron chi connectivity index (χ4n) is 5.80. The normalized spacial score (nSPS) is 44.3. The van der Waals surface area contributed by atoms with Crippen molar-refractivity contribution in [1.29, 1.82) is 0 Å². The Morgan fingerprint density at radius 1 is 0.767 bits per heavy atom. The Morgan fingerprint density at radius 3 is 1.98 bits per heavy atom. The molecule has 0 aromatic heterocycles. The summed E-state index contributed by atoms with van der Waals surface area (Å²) in [6, 6.07) is -2.65. The van der Waals surface area contributed by atoms with Crippen molar-refractivity contribution in [2.75, 3.05) is 39.6 Å². The van der Waals surface area contributed by atoms with E-state index in [4.69, 9.17) is 23.7 Å². The molecule has 252 valence electrons. The van der Waals surface area contributed by atoms with Crippen molar-refractivity contribution in [2.24, 2.45) is 0 Å². The van der Waals surface area contributed by atoms with Crippen LogP contribution in [0.25, 0.3) is 0 Å². The van der Waals surface area contributed by atoms with Gasteiger partial charge >= 0.3 is 0 Å². The van der Waals surface area contributed by atoms with Gasteiger partial charge in [-0.2, -0.15) is 0 Å². The van der Waals surface area contributed by atoms with Gasteiger partial charge in [-0.1, -0.05) is 6.92 Å². The molecule has 0 aromatic carbocycles. The molecule has 0 aliphatic carbocycles. The van der Waals surface area contributed by atoms with Gasteiger partial charge in [0.1, 0.15) is 61.0 Å². The molecule has 0 unspecified atom stereocenters. The molecule has 3 heterocycles. The number of amides is 1. The zero-order valence-electron chi connectivity index (χ0n) is 24.5. The van der Waals surface area contributed by atoms with Gasteiger partial charge in [-0.25, -0.2) is 0 Å². The minimum absolute atomic E-state index is 0.0222. The summed E-state index contributed by atoms with van der Waals surface area (Å²) in [6.07, 6.45) is -16.4. The van der Waals surface area contributed by atoms with Gasteiger partial charge in [-0.3, -0.25) is 9.69 Å². The van der Waals surface area contributed by atoms with Crippen LogP contribution in [0, 0.1) is 0 Å². The highest BCUT2D eigenvalue weighted by molar-refractivity contribution is 5.73. The Bertz CT molecular complexity index is 857. The van der Waals surface area contributed by atoms with E-state index in [0.29, 0.717) is 6.42 Å². The summed E-state index contributed by atoms with van der Waals surface area (Å²) in [7, 11) is 0. The van der Waals surface area contributed by atoms with Gasteiger partial charge in [-0.15, -0.1) is 0 Å². The lowest BCUT2D eigenvalue weighted by Crippen LogP contribution is -2.69. The molecule has 3 aliphatic rings. The van der Waals surface area contributed by atoms with Crippen LogP contribution in [0.4, 0.5) is 0 Å². The van der Waals surface area contributed by atoms with Crippen LogP contribution < -0.4 is 5.32 Å². The van der Waals surface area contributed by atoms with E-state index in [0.717, 1.165) is 0 Å². The van der Waals surface area contributed by atoms with Gasteiger partial charge in [0.05, 0.1) is 38.6 Å². The molecule has 1 amide bonds. The summed E-state index contributed by atoms with van der Waals surface area (Å²) in [5, 5.41) is 94.5. The molecular formula is C26H48N2O15. The van der Waals surface area contributed by atoms with E-state index in [-0.39, 0.29) is 19.8 Å². The summed E-state index contributed by atoms with van der Waals surface area (Å²) in [5.41, 5.74) is 0. The minimum Gasteiger partial charge on any atom is -0.395 e. The van der Waals surface area contributed by atoms with Crippen LogP contribution in [0.2, 0.25) is 0 Å². The van der Waals surface area contributed by atoms with Gasteiger partial charge in [0, 0.05) is 26.1 Å². The van der Waals surface area contributed by atoms with Crippen LogP contribution in [-0.4, -0.2) is 188 Å². The fraction of sp³-hybridized carbons (Fsp3) is 0.962. The molecule has 0 spiro atoms. The number of hydrogen-bond donors (Lipinski definition) is 10. The first kappa shape index (κ1) is 36.3. The van der Waals surface area contributed by atoms with E-state index in [9.17, 15) is 50.8 Å². The molecule has 3 aliphatic heterocycles. The lowest BCUT2D eigenvalue weighted by molar-refractivity contribution is -0.351. The van der Waals surface area contributed by atoms with Gasteiger partial charge in [0.2, 0.25) is 5.91 Å². The van der Waals surface area contributed by atoms with E-state index in [1.54, 1.807) is 11.8 Å². The van der Waals surface area contributed by atoms with Crippen molar-refractivity contribution < 1.29 is 74.4 Å². The number of aliphatic hydroxyl groups is 9. The Morgan fingerprint density at radius 2 is 1.40 bits per heavy atom. The molecule has 0 radical (unpaired) electrons. The lowest BCUT2D eigenvalue weighted by atomic mass is 9.89. The monoisotopic (exact) mass is 628 g/mol. The first-order valence-corrected chi connectivity index (χ1v) is 14.5. The number of hydrogen-bond acceptors (Lipinski definition) is 16. The lowest BCUT2D eigenvalue weighted by Gasteiger charge is -2.49. The summed E-state index contributed by atoms with van der Waals surface area (Å²) in [4.78, 5) is 13.8. The summed E-state index contributed by atoms with van der Waals surface area (Å²) >= 11 is 0. The van der Waals surface area contributed by atoms with E-state index in [1.807, 2.05) is 6.92 Å². The fourth-order valence-corrected chi connectivity index (χ4v) is 5.80. The zero-order chi connectivity index (χ0) is 32.0. The second kappa shape index (κ2) is 16.4. The highest BCUT2D eigenvalue weighted by Gasteiger charge is 2.52. The molecule has 0 bridgehead atoms. The van der Waals surface area contributed by atoms with Crippen molar-refractivity contribution in [2.45, 2.75) is 119 Å². The smallest absolute Gasteiger partial charge is 0.217 e. The molecule has 3 saturated heterocycles. The number of carbonyl (C=O) groups is 1. The number of nitrogens with one attached hydrogen (secondary N) is 1. The maximum Gasteiger partial charge on any atom is 0.217 e. The number of ether oxygens (including phenoxy) is 5. The molecule has 15 atom stereocenters. The van der Waals surface area contributed by atoms with Crippen LogP contribution in [0.5, 0.6) is 0 Å². The molecule has 43 heavy (non-hydrogen) atoms. The third-order valence-corrected chi connectivity index (χ3v) is 8.21. The topological polar surface area (TPSA) is 261 Å². The van der Waals surface area contributed by atoms with E-state index < -0.39 is 117 Å². The van der Waals surface area contributed by atoms with Crippen LogP contribution in [0.1, 0.15) is 27.2 Å². The molecule has 10 N–H and O–H groups in total. The summed E-state index contributed by atoms with van der Waals surface area (Å²) < 4.78 is 29.4. The zero-order valence-corrected chi connectivity index (χ0v) is 24.5. The quantitative estimate of drug-likeness (QED) is 0.0911. The Hall–Kier alpha value is -1.13. The second-order valence-corrected chi connectivity index (χ2v) is 11.2. The number of nitrogens with zero attached hydrogens (tertiary/aromatic N) is 1. The maximum absolute atomic E-state index is 12.3. The Balaban J connectivity index is 1.89. The van der Waals surface area contributed by atoms with E-state index in [2.05, 4.69) is 5.32 Å². The van der Waals surface area contributed by atoms with Crippen molar-refractivity contribution in [3.63, 3.8) is 0 Å². The van der Waals surface area contributed by atoms with Crippen molar-refractivity contribution >= 4 is 5.91 Å². The van der Waals surface area contributed by atoms with Crippen LogP contribution >= 0.6 is 0 Å². The van der Waals surface area contributed by atoms with Gasteiger partial charge < -0.3 is 75.0 Å². The number of likely N-dealkylation sites (tertiary alicyclic amines) is 1. The van der Waals surface area contributed by atoms with Crippen LogP contribution in [0.15, 0.2) is 0 Å². The van der Waals surface area contributed by atoms with Crippen LogP contribution in [0.3, 0.4) is 0 Å². The predicted molar refractivity (Wildman–Crippen MR) is 143 cm³/mol. The van der Waals surface area contributed by atoms with Crippen LogP contribution in [-0.2, 0) is 28.5 Å². The van der Waals surface area contributed by atoms with Gasteiger partial charge in [-0.05, 0) is 13.3 Å². The van der Waals surface area contributed by atoms with Crippen molar-refractivity contribution in [3.05, 3.63) is 0 Å². The Labute approximate surface area is 249 Å². The van der Waals surface area contributed by atoms with E-state index >= 15 is 0 Å². The predicted octanol–water partition coefficient (Wildman–Crippen LogP) is -5.65. The third kappa shape index (κ3) is 8.18. The van der Waals surface area contributed by atoms with Gasteiger partial charge in [0.15, 0.2) is 12.6 Å². The molecule has 3 rings (SSSR count). The Kier molecular flexibility index (Phi) is 13.9. The standard InChI is InChI=1S/C26H48N2O15/c1-4-6-40-25-16(27-12(3)32)24(39-7-5-28-11(2)17(33)20(36)18(34)13(28)8-29)23(15(10-31)42-25)43-26-22(38)21(37)19(35)14(9-30)41-26/h11,13-26,29-31,33-38H,4-10H2,1-3H3,(H,27,32)/t11-,13+,14+,15+,16+,17+,18+,19-,20+,21-,22+,23+,24+,25-,26-/m0/s1. The molecule has 17 nitrogen and oxygen atoms in total. The minimum atomic E-state index is -1.78. The summed E-state index contributed by atoms with van der Waals surface area (Å²) in [5.74, 6) is -0.480. The average Bonchev–Trinajstić information content (AvgIpc) is 2.99. The largest absolute Gasteiger partial charge is 0.395 e. The number of rotatable bonds is 13.